The van der Waals surface area contributed by atoms with Gasteiger partial charge in [0.25, 0.3) is 0 Å². The van der Waals surface area contributed by atoms with Crippen LogP contribution in [-0.2, 0) is 0 Å². The summed E-state index contributed by atoms with van der Waals surface area (Å²) in [6.45, 7) is 0. The van der Waals surface area contributed by atoms with Gasteiger partial charge in [-0.05, 0) is 121 Å². The van der Waals surface area contributed by atoms with Gasteiger partial charge in [0.2, 0.25) is 0 Å². The number of rotatable bonds is 7. The number of aromatic nitrogens is 4. The van der Waals surface area contributed by atoms with Crippen LogP contribution in [0, 0.1) is 22.7 Å². The van der Waals surface area contributed by atoms with Crippen LogP contribution >= 0.6 is 0 Å². The van der Waals surface area contributed by atoms with Gasteiger partial charge >= 0.3 is 0 Å². The average Bonchev–Trinajstić information content (AvgIpc) is 2.51. The number of hydrogen-bond acceptors (Lipinski definition) is 4. The van der Waals surface area contributed by atoms with Gasteiger partial charge in [0, 0.05) is 76.9 Å². The average molecular weight is 1050 g/mol. The third-order valence-electron chi connectivity index (χ3n) is 16.8. The molecule has 0 amide bonds. The van der Waals surface area contributed by atoms with Crippen molar-refractivity contribution in [2.45, 2.75) is 0 Å². The van der Waals surface area contributed by atoms with Gasteiger partial charge in [-0.1, -0.05) is 140 Å². The number of hydrogen-bond donors (Lipinski definition) is 0. The van der Waals surface area contributed by atoms with Crippen molar-refractivity contribution < 1.29 is 4.42 Å². The number of anilines is 3. The molecule has 17 aromatic rings. The molecule has 12 aromatic carbocycles. The molecule has 5 aromatic heterocycles. The maximum atomic E-state index is 11.8. The second kappa shape index (κ2) is 17.5. The molecule has 17 rings (SSSR count). The molecule has 0 atom stereocenters. The van der Waals surface area contributed by atoms with Gasteiger partial charge in [-0.15, -0.1) is 0 Å². The van der Waals surface area contributed by atoms with Crippen LogP contribution in [0.25, 0.3) is 132 Å². The summed E-state index contributed by atoms with van der Waals surface area (Å²) in [5, 5.41) is 33.9. The van der Waals surface area contributed by atoms with Crippen molar-refractivity contribution in [2.75, 3.05) is 4.90 Å². The molecule has 380 valence electrons. The second-order valence-electron chi connectivity index (χ2n) is 21.0. The summed E-state index contributed by atoms with van der Waals surface area (Å²) >= 11 is 0. The minimum absolute atomic E-state index is 0.408. The van der Waals surface area contributed by atoms with Gasteiger partial charge in [-0.25, -0.2) is 0 Å². The molecule has 0 aliphatic carbocycles. The highest BCUT2D eigenvalue weighted by Gasteiger charge is 2.27. The van der Waals surface area contributed by atoms with Crippen LogP contribution < -0.4 is 4.90 Å². The molecule has 0 bridgehead atoms. The first-order valence-electron chi connectivity index (χ1n) is 27.5. The lowest BCUT2D eigenvalue weighted by atomic mass is 10.1. The minimum Gasteiger partial charge on any atom is -0.455 e. The van der Waals surface area contributed by atoms with Crippen LogP contribution in [0.1, 0.15) is 11.1 Å². The van der Waals surface area contributed by atoms with Crippen LogP contribution in [-0.4, -0.2) is 18.3 Å². The van der Waals surface area contributed by atoms with Crippen molar-refractivity contribution in [3.05, 3.63) is 272 Å². The Hall–Kier alpha value is -11.6. The van der Waals surface area contributed by atoms with Crippen molar-refractivity contribution in [3.8, 4) is 34.9 Å². The van der Waals surface area contributed by atoms with Gasteiger partial charge in [-0.2, -0.15) is 10.5 Å². The Kier molecular flexibility index (Phi) is 9.68. The fourth-order valence-electron chi connectivity index (χ4n) is 13.4. The Morgan fingerprint density at radius 2 is 0.780 bits per heavy atom. The Balaban J connectivity index is 0.964. The topological polar surface area (TPSA) is 83.7 Å². The molecule has 0 N–H and O–H groups in total. The molecular formula is C74H43N7O. The van der Waals surface area contributed by atoms with Crippen molar-refractivity contribution >= 4 is 126 Å². The molecule has 0 unspecified atom stereocenters. The Bertz CT molecular complexity index is 5520. The number of para-hydroxylation sites is 7. The van der Waals surface area contributed by atoms with E-state index in [2.05, 4.69) is 248 Å². The number of benzene rings is 12. The maximum Gasteiger partial charge on any atom is 0.145 e. The molecule has 0 fully saturated rings. The third kappa shape index (κ3) is 6.40. The van der Waals surface area contributed by atoms with E-state index in [-0.39, 0.29) is 0 Å². The van der Waals surface area contributed by atoms with Crippen molar-refractivity contribution in [3.63, 3.8) is 0 Å². The van der Waals surface area contributed by atoms with E-state index in [1.165, 1.54) is 10.8 Å². The smallest absolute Gasteiger partial charge is 0.145 e. The summed E-state index contributed by atoms with van der Waals surface area (Å²) in [6, 6.07) is 96.3. The summed E-state index contributed by atoms with van der Waals surface area (Å²) in [5.41, 5.74) is 16.4. The van der Waals surface area contributed by atoms with Crippen molar-refractivity contribution in [1.29, 1.82) is 10.5 Å². The highest BCUT2D eigenvalue weighted by atomic mass is 16.3. The van der Waals surface area contributed by atoms with E-state index < -0.39 is 0 Å². The zero-order valence-corrected chi connectivity index (χ0v) is 43.9. The fraction of sp³-hybridized carbons (Fsp3) is 0. The summed E-state index contributed by atoms with van der Waals surface area (Å²) in [7, 11) is 0. The van der Waals surface area contributed by atoms with Crippen molar-refractivity contribution in [1.82, 2.24) is 18.3 Å². The van der Waals surface area contributed by atoms with Gasteiger partial charge in [0.05, 0.1) is 72.0 Å². The Labute approximate surface area is 468 Å². The monoisotopic (exact) mass is 1050 g/mol. The molecule has 0 spiro atoms. The summed E-state index contributed by atoms with van der Waals surface area (Å²) in [6.07, 6.45) is 0. The molecule has 0 radical (unpaired) electrons. The van der Waals surface area contributed by atoms with Crippen molar-refractivity contribution in [2.24, 2.45) is 0 Å². The summed E-state index contributed by atoms with van der Waals surface area (Å²) in [4.78, 5) is 2.28. The standard InChI is InChI=1S/C74H43N7O/c75-44-46-41-69(47(45-76)40-68(46)80-66-38-33-52(78-62-28-14-10-24-53(62)54-25-11-15-29-63(54)78)43-61(66)71-67(80)39-36-59-56-27-13-17-31-70(56)82-74(59)71)81-65-37-32-51(77(48-18-4-1-5-19-48)49-20-6-2-7-21-49)42-60(65)58-35-34-57-55-26-12-16-30-64(55)79(72(57)73(58)81)50-22-8-3-9-23-50/h1-43H. The first-order valence-corrected chi connectivity index (χ1v) is 27.5. The van der Waals surface area contributed by atoms with E-state index in [0.717, 1.165) is 127 Å². The van der Waals surface area contributed by atoms with Crippen LogP contribution in [0.3, 0.4) is 0 Å². The van der Waals surface area contributed by atoms with Gasteiger partial charge in [-0.3, -0.25) is 0 Å². The van der Waals surface area contributed by atoms with E-state index >= 15 is 0 Å². The Morgan fingerprint density at radius 1 is 0.305 bits per heavy atom. The molecular weight excluding hydrogens is 1000 g/mol. The minimum atomic E-state index is 0.408. The fourth-order valence-corrected chi connectivity index (χ4v) is 13.4. The lowest BCUT2D eigenvalue weighted by Crippen LogP contribution is -2.09. The van der Waals surface area contributed by atoms with Crippen LogP contribution in [0.5, 0.6) is 0 Å². The zero-order valence-electron chi connectivity index (χ0n) is 43.9. The molecule has 8 nitrogen and oxygen atoms in total. The van der Waals surface area contributed by atoms with Gasteiger partial charge in [0.15, 0.2) is 0 Å². The number of nitrogens with zero attached hydrogens (tertiary/aromatic N) is 7. The molecule has 0 aliphatic rings. The molecule has 0 saturated heterocycles. The molecule has 5 heterocycles. The summed E-state index contributed by atoms with van der Waals surface area (Å²) < 4.78 is 15.9. The maximum absolute atomic E-state index is 11.8. The van der Waals surface area contributed by atoms with Crippen LogP contribution in [0.4, 0.5) is 17.1 Å². The predicted molar refractivity (Wildman–Crippen MR) is 335 cm³/mol. The highest BCUT2D eigenvalue weighted by molar-refractivity contribution is 6.26. The SMILES string of the molecule is N#Cc1cc(-n2c3ccc(N(c4ccccc4)c4ccccc4)cc3c3ccc4c5ccccc5n(-c5ccccc5)c4c32)c(C#N)cc1-n1c2ccc(-n3c4ccccc4c4ccccc43)cc2c2c3oc4ccccc4c3ccc21. The van der Waals surface area contributed by atoms with Gasteiger partial charge in [0.1, 0.15) is 23.3 Å². The van der Waals surface area contributed by atoms with E-state index in [0.29, 0.717) is 22.5 Å². The lowest BCUT2D eigenvalue weighted by Gasteiger charge is -2.25. The quantitative estimate of drug-likeness (QED) is 0.159. The highest BCUT2D eigenvalue weighted by Crippen LogP contribution is 2.47. The molecule has 82 heavy (non-hydrogen) atoms. The molecule has 0 aliphatic heterocycles. The first kappa shape index (κ1) is 45.4. The Morgan fingerprint density at radius 3 is 1.43 bits per heavy atom. The van der Waals surface area contributed by atoms with E-state index in [1.807, 2.05) is 48.5 Å². The molecule has 8 heteroatoms. The number of fused-ring (bicyclic) bond motifs is 17. The second-order valence-corrected chi connectivity index (χ2v) is 21.0. The third-order valence-corrected chi connectivity index (χ3v) is 16.8. The normalized spacial score (nSPS) is 11.9. The number of furan rings is 1. The van der Waals surface area contributed by atoms with Crippen LogP contribution in [0.2, 0.25) is 0 Å². The largest absolute Gasteiger partial charge is 0.455 e. The van der Waals surface area contributed by atoms with E-state index in [1.54, 1.807) is 0 Å². The molecule has 0 saturated carbocycles. The van der Waals surface area contributed by atoms with Gasteiger partial charge < -0.3 is 27.6 Å². The van der Waals surface area contributed by atoms with Crippen LogP contribution in [0.15, 0.2) is 265 Å². The lowest BCUT2D eigenvalue weighted by molar-refractivity contribution is 0.673. The summed E-state index contributed by atoms with van der Waals surface area (Å²) in [5.74, 6) is 0. The van der Waals surface area contributed by atoms with E-state index in [9.17, 15) is 10.5 Å². The predicted octanol–water partition coefficient (Wildman–Crippen LogP) is 19.2. The first-order chi connectivity index (χ1) is 40.6. The number of nitriles is 2. The van der Waals surface area contributed by atoms with E-state index in [4.69, 9.17) is 4.42 Å². The zero-order chi connectivity index (χ0) is 54.2.